The summed E-state index contributed by atoms with van der Waals surface area (Å²) < 4.78 is 5.86. The lowest BCUT2D eigenvalue weighted by Gasteiger charge is -2.11. The number of anilines is 1. The van der Waals surface area contributed by atoms with Crippen molar-refractivity contribution < 1.29 is 9.21 Å². The standard InChI is InChI=1S/C22H22N2O2/c1-3-20-12-21(23)15(2)22(26-20)13-24-19-10-8-18(9-11-19)17-6-4-16(14-25)5-7-17/h4-12,14,23-24H,3,13H2,1-2H3. The van der Waals surface area contributed by atoms with E-state index in [2.05, 4.69) is 5.32 Å². The van der Waals surface area contributed by atoms with Crippen LogP contribution in [0.1, 0.15) is 34.4 Å². The molecule has 0 saturated carbocycles. The van der Waals surface area contributed by atoms with Gasteiger partial charge in [0.05, 0.1) is 11.9 Å². The van der Waals surface area contributed by atoms with E-state index >= 15 is 0 Å². The summed E-state index contributed by atoms with van der Waals surface area (Å²) in [6.45, 7) is 4.47. The quantitative estimate of drug-likeness (QED) is 0.635. The average molecular weight is 346 g/mol. The minimum atomic E-state index is 0.513. The molecule has 0 amide bonds. The summed E-state index contributed by atoms with van der Waals surface area (Å²) in [6.07, 6.45) is 1.62. The van der Waals surface area contributed by atoms with E-state index in [0.29, 0.717) is 17.5 Å². The number of benzene rings is 2. The Morgan fingerprint density at radius 1 is 1.04 bits per heavy atom. The highest BCUT2D eigenvalue weighted by atomic mass is 16.3. The highest BCUT2D eigenvalue weighted by Gasteiger charge is 2.06. The molecule has 1 aromatic heterocycles. The van der Waals surface area contributed by atoms with E-state index in [-0.39, 0.29) is 0 Å². The normalized spacial score (nSPS) is 10.5. The Kier molecular flexibility index (Phi) is 5.32. The van der Waals surface area contributed by atoms with Crippen LogP contribution < -0.4 is 10.7 Å². The molecule has 0 unspecified atom stereocenters. The lowest BCUT2D eigenvalue weighted by molar-refractivity contribution is 0.112. The second-order valence-electron chi connectivity index (χ2n) is 6.20. The Balaban J connectivity index is 1.72. The van der Waals surface area contributed by atoms with E-state index < -0.39 is 0 Å². The van der Waals surface area contributed by atoms with Gasteiger partial charge >= 0.3 is 0 Å². The van der Waals surface area contributed by atoms with Crippen molar-refractivity contribution in [3.63, 3.8) is 0 Å². The van der Waals surface area contributed by atoms with Gasteiger partial charge in [0.15, 0.2) is 0 Å². The predicted molar refractivity (Wildman–Crippen MR) is 103 cm³/mol. The molecule has 132 valence electrons. The number of rotatable bonds is 6. The maximum atomic E-state index is 10.7. The Bertz CT molecular complexity index is 955. The lowest BCUT2D eigenvalue weighted by atomic mass is 10.0. The van der Waals surface area contributed by atoms with Crippen molar-refractivity contribution in [3.05, 3.63) is 82.6 Å². The minimum Gasteiger partial charge on any atom is -0.464 e. The molecule has 3 aromatic rings. The van der Waals surface area contributed by atoms with Gasteiger partial charge in [-0.2, -0.15) is 0 Å². The Morgan fingerprint density at radius 3 is 2.23 bits per heavy atom. The Hall–Kier alpha value is -3.14. The van der Waals surface area contributed by atoms with Gasteiger partial charge in [0.2, 0.25) is 0 Å². The fourth-order valence-electron chi connectivity index (χ4n) is 2.74. The van der Waals surface area contributed by atoms with Gasteiger partial charge in [-0.15, -0.1) is 0 Å². The van der Waals surface area contributed by atoms with Gasteiger partial charge in [0.25, 0.3) is 0 Å². The van der Waals surface area contributed by atoms with Gasteiger partial charge < -0.3 is 15.1 Å². The van der Waals surface area contributed by atoms with Crippen LogP contribution in [0.15, 0.2) is 59.0 Å². The summed E-state index contributed by atoms with van der Waals surface area (Å²) in [5, 5.41) is 11.9. The Labute approximate surface area is 153 Å². The molecule has 26 heavy (non-hydrogen) atoms. The van der Waals surface area contributed by atoms with E-state index in [0.717, 1.165) is 46.6 Å². The number of carbonyl (C=O) groups is 1. The summed E-state index contributed by atoms with van der Waals surface area (Å²) in [7, 11) is 0. The number of nitrogens with one attached hydrogen (secondary N) is 2. The first kappa shape index (κ1) is 17.7. The summed E-state index contributed by atoms with van der Waals surface area (Å²) in [5.41, 5.74) is 4.69. The Morgan fingerprint density at radius 2 is 1.65 bits per heavy atom. The van der Waals surface area contributed by atoms with Crippen LogP contribution in [-0.2, 0) is 13.0 Å². The number of aryl methyl sites for hydroxylation is 1. The van der Waals surface area contributed by atoms with E-state index in [1.54, 1.807) is 6.07 Å². The van der Waals surface area contributed by atoms with Crippen LogP contribution in [0.25, 0.3) is 11.1 Å². The van der Waals surface area contributed by atoms with E-state index in [1.807, 2.05) is 62.4 Å². The fraction of sp³-hybridized carbons (Fsp3) is 0.182. The zero-order valence-electron chi connectivity index (χ0n) is 15.0. The number of aldehydes is 1. The molecule has 0 aliphatic heterocycles. The molecule has 3 rings (SSSR count). The molecule has 2 N–H and O–H groups in total. The van der Waals surface area contributed by atoms with Gasteiger partial charge in [-0.25, -0.2) is 0 Å². The molecule has 0 aliphatic carbocycles. The van der Waals surface area contributed by atoms with Crippen LogP contribution in [0, 0.1) is 12.3 Å². The molecule has 0 bridgehead atoms. The van der Waals surface area contributed by atoms with Crippen molar-refractivity contribution in [1.82, 2.24) is 0 Å². The molecular formula is C22H22N2O2. The maximum Gasteiger partial charge on any atom is 0.150 e. The highest BCUT2D eigenvalue weighted by molar-refractivity contribution is 5.77. The summed E-state index contributed by atoms with van der Waals surface area (Å²) in [6, 6.07) is 17.4. The second kappa shape index (κ2) is 7.83. The monoisotopic (exact) mass is 346 g/mol. The molecule has 0 fully saturated rings. The molecule has 0 atom stereocenters. The molecule has 0 spiro atoms. The summed E-state index contributed by atoms with van der Waals surface area (Å²) in [5.74, 6) is 1.62. The maximum absolute atomic E-state index is 10.7. The third-order valence-corrected chi connectivity index (χ3v) is 4.45. The van der Waals surface area contributed by atoms with Crippen LogP contribution in [0.3, 0.4) is 0 Å². The third kappa shape index (κ3) is 3.91. The molecule has 4 nitrogen and oxygen atoms in total. The van der Waals surface area contributed by atoms with Crippen LogP contribution in [0.4, 0.5) is 5.69 Å². The van der Waals surface area contributed by atoms with Gasteiger partial charge in [-0.3, -0.25) is 4.79 Å². The number of hydrogen-bond donors (Lipinski definition) is 2. The first-order chi connectivity index (χ1) is 12.6. The molecule has 1 heterocycles. The second-order valence-corrected chi connectivity index (χ2v) is 6.20. The van der Waals surface area contributed by atoms with Crippen molar-refractivity contribution in [2.75, 3.05) is 5.32 Å². The smallest absolute Gasteiger partial charge is 0.150 e. The molecule has 0 radical (unpaired) electrons. The van der Waals surface area contributed by atoms with Crippen LogP contribution >= 0.6 is 0 Å². The fourth-order valence-corrected chi connectivity index (χ4v) is 2.74. The van der Waals surface area contributed by atoms with E-state index in [1.165, 1.54) is 0 Å². The van der Waals surface area contributed by atoms with Crippen molar-refractivity contribution in [3.8, 4) is 11.1 Å². The minimum absolute atomic E-state index is 0.513. The van der Waals surface area contributed by atoms with Crippen LogP contribution in [-0.4, -0.2) is 6.29 Å². The average Bonchev–Trinajstić information content (AvgIpc) is 2.69. The molecule has 4 heteroatoms. The number of carbonyl (C=O) groups excluding carboxylic acids is 1. The largest absolute Gasteiger partial charge is 0.464 e. The van der Waals surface area contributed by atoms with Gasteiger partial charge in [0.1, 0.15) is 17.8 Å². The SMILES string of the molecule is CCc1cc(=N)c(C)c(CNc2ccc(-c3ccc(C=O)cc3)cc2)o1. The number of hydrogen-bond acceptors (Lipinski definition) is 4. The van der Waals surface area contributed by atoms with Gasteiger partial charge in [-0.1, -0.05) is 43.3 Å². The van der Waals surface area contributed by atoms with Crippen molar-refractivity contribution in [2.24, 2.45) is 0 Å². The lowest BCUT2D eigenvalue weighted by Crippen LogP contribution is -2.12. The van der Waals surface area contributed by atoms with E-state index in [4.69, 9.17) is 9.83 Å². The van der Waals surface area contributed by atoms with Crippen molar-refractivity contribution in [2.45, 2.75) is 26.8 Å². The van der Waals surface area contributed by atoms with Crippen molar-refractivity contribution >= 4 is 12.0 Å². The van der Waals surface area contributed by atoms with Crippen molar-refractivity contribution in [1.29, 1.82) is 5.41 Å². The topological polar surface area (TPSA) is 66.1 Å². The van der Waals surface area contributed by atoms with Gasteiger partial charge in [0, 0.05) is 29.3 Å². The first-order valence-electron chi connectivity index (χ1n) is 8.67. The zero-order chi connectivity index (χ0) is 18.5. The zero-order valence-corrected chi connectivity index (χ0v) is 15.0. The third-order valence-electron chi connectivity index (χ3n) is 4.45. The molecule has 0 saturated heterocycles. The molecule has 0 aliphatic rings. The van der Waals surface area contributed by atoms with Crippen LogP contribution in [0.5, 0.6) is 0 Å². The van der Waals surface area contributed by atoms with Crippen LogP contribution in [0.2, 0.25) is 0 Å². The summed E-state index contributed by atoms with van der Waals surface area (Å²) >= 11 is 0. The van der Waals surface area contributed by atoms with Gasteiger partial charge in [-0.05, 0) is 30.2 Å². The molecular weight excluding hydrogens is 324 g/mol. The predicted octanol–water partition coefficient (Wildman–Crippen LogP) is 4.72. The summed E-state index contributed by atoms with van der Waals surface area (Å²) in [4.78, 5) is 10.7. The first-order valence-corrected chi connectivity index (χ1v) is 8.67. The van der Waals surface area contributed by atoms with E-state index in [9.17, 15) is 4.79 Å². The highest BCUT2D eigenvalue weighted by Crippen LogP contribution is 2.22. The molecule has 2 aromatic carbocycles.